The fourth-order valence-corrected chi connectivity index (χ4v) is 4.76. The quantitative estimate of drug-likeness (QED) is 0.354. The van der Waals surface area contributed by atoms with Gasteiger partial charge in [-0.25, -0.2) is 0 Å². The molecule has 0 radical (unpaired) electrons. The molecule has 7 heteroatoms. The summed E-state index contributed by atoms with van der Waals surface area (Å²) >= 11 is 1.91. The SMILES string of the molecule is CCNC(=NCCN1CCc2sccc2C1)NC1CCN(C(C)C)CC1.I. The van der Waals surface area contributed by atoms with Crippen LogP contribution in [0.4, 0.5) is 0 Å². The largest absolute Gasteiger partial charge is 0.357 e. The van der Waals surface area contributed by atoms with Gasteiger partial charge in [0.25, 0.3) is 0 Å². The molecule has 2 aliphatic rings. The Morgan fingerprint density at radius 3 is 2.78 bits per heavy atom. The average molecular weight is 506 g/mol. The maximum Gasteiger partial charge on any atom is 0.191 e. The fraction of sp³-hybridized carbons (Fsp3) is 0.750. The van der Waals surface area contributed by atoms with Crippen LogP contribution in [0.5, 0.6) is 0 Å². The lowest BCUT2D eigenvalue weighted by molar-refractivity contribution is 0.167. The van der Waals surface area contributed by atoms with Crippen molar-refractivity contribution in [3.63, 3.8) is 0 Å². The molecule has 3 heterocycles. The summed E-state index contributed by atoms with van der Waals surface area (Å²) in [6.07, 6.45) is 3.61. The van der Waals surface area contributed by atoms with E-state index < -0.39 is 0 Å². The Hall–Kier alpha value is -0.380. The number of piperidine rings is 1. The van der Waals surface area contributed by atoms with Crippen LogP contribution in [0.15, 0.2) is 16.4 Å². The Morgan fingerprint density at radius 2 is 2.07 bits per heavy atom. The molecule has 154 valence electrons. The predicted molar refractivity (Wildman–Crippen MR) is 128 cm³/mol. The summed E-state index contributed by atoms with van der Waals surface area (Å²) in [6, 6.07) is 3.49. The van der Waals surface area contributed by atoms with E-state index in [2.05, 4.69) is 52.7 Å². The molecule has 2 N–H and O–H groups in total. The normalized spacial score (nSPS) is 19.6. The third-order valence-corrected chi connectivity index (χ3v) is 6.54. The Morgan fingerprint density at radius 1 is 1.30 bits per heavy atom. The number of guanidine groups is 1. The molecule has 1 saturated heterocycles. The van der Waals surface area contributed by atoms with Crippen molar-refractivity contribution < 1.29 is 0 Å². The number of rotatable bonds is 6. The van der Waals surface area contributed by atoms with E-state index in [-0.39, 0.29) is 24.0 Å². The molecule has 2 aliphatic heterocycles. The van der Waals surface area contributed by atoms with E-state index in [1.54, 1.807) is 4.88 Å². The van der Waals surface area contributed by atoms with Crippen LogP contribution in [0, 0.1) is 0 Å². The van der Waals surface area contributed by atoms with Gasteiger partial charge in [0.05, 0.1) is 6.54 Å². The minimum atomic E-state index is 0. The van der Waals surface area contributed by atoms with Crippen molar-refractivity contribution in [1.29, 1.82) is 0 Å². The van der Waals surface area contributed by atoms with Gasteiger partial charge in [0.15, 0.2) is 5.96 Å². The molecule has 0 aliphatic carbocycles. The molecular weight excluding hydrogens is 469 g/mol. The first-order valence-electron chi connectivity index (χ1n) is 10.2. The number of halogens is 1. The molecule has 0 unspecified atom stereocenters. The van der Waals surface area contributed by atoms with E-state index in [1.165, 1.54) is 44.5 Å². The van der Waals surface area contributed by atoms with Crippen molar-refractivity contribution in [1.82, 2.24) is 20.4 Å². The van der Waals surface area contributed by atoms with E-state index in [4.69, 9.17) is 4.99 Å². The highest BCUT2D eigenvalue weighted by Gasteiger charge is 2.21. The molecule has 1 fully saturated rings. The minimum absolute atomic E-state index is 0. The molecule has 3 rings (SSSR count). The van der Waals surface area contributed by atoms with E-state index >= 15 is 0 Å². The van der Waals surface area contributed by atoms with Gasteiger partial charge >= 0.3 is 0 Å². The maximum absolute atomic E-state index is 4.84. The minimum Gasteiger partial charge on any atom is -0.357 e. The zero-order chi connectivity index (χ0) is 18.4. The molecule has 1 aromatic heterocycles. The standard InChI is InChI=1S/C20H35N5S.HI/c1-4-21-20(23-18-5-11-25(12-6-18)16(2)3)22-9-13-24-10-7-19-17(15-24)8-14-26-19;/h8,14,16,18H,4-7,9-13,15H2,1-3H3,(H2,21,22,23);1H. The molecular formula is C20H36IN5S. The first kappa shape index (κ1) is 22.9. The Labute approximate surface area is 186 Å². The average Bonchev–Trinajstić information content (AvgIpc) is 3.10. The van der Waals surface area contributed by atoms with Crippen LogP contribution in [0.1, 0.15) is 44.1 Å². The van der Waals surface area contributed by atoms with Crippen molar-refractivity contribution in [3.05, 3.63) is 21.9 Å². The number of thiophene rings is 1. The number of nitrogens with one attached hydrogen (secondary N) is 2. The lowest BCUT2D eigenvalue weighted by Crippen LogP contribution is -2.50. The van der Waals surface area contributed by atoms with E-state index in [1.807, 2.05) is 11.3 Å². The molecule has 5 nitrogen and oxygen atoms in total. The Kier molecular flexibility index (Phi) is 9.82. The Bertz CT molecular complexity index is 581. The summed E-state index contributed by atoms with van der Waals surface area (Å²) in [4.78, 5) is 11.5. The van der Waals surface area contributed by atoms with Gasteiger partial charge < -0.3 is 15.5 Å². The highest BCUT2D eigenvalue weighted by atomic mass is 127. The van der Waals surface area contributed by atoms with Gasteiger partial charge in [-0.15, -0.1) is 35.3 Å². The molecule has 0 spiro atoms. The third-order valence-electron chi connectivity index (χ3n) is 5.52. The zero-order valence-electron chi connectivity index (χ0n) is 17.0. The Balaban J connectivity index is 0.00000261. The number of hydrogen-bond donors (Lipinski definition) is 2. The van der Waals surface area contributed by atoms with Gasteiger partial charge in [-0.3, -0.25) is 9.89 Å². The van der Waals surface area contributed by atoms with Crippen molar-refractivity contribution in [2.24, 2.45) is 4.99 Å². The number of nitrogens with zero attached hydrogens (tertiary/aromatic N) is 3. The van der Waals surface area contributed by atoms with Gasteiger partial charge in [-0.1, -0.05) is 0 Å². The number of likely N-dealkylation sites (tertiary alicyclic amines) is 1. The number of aliphatic imine (C=N–C) groups is 1. The van der Waals surface area contributed by atoms with Crippen LogP contribution >= 0.6 is 35.3 Å². The van der Waals surface area contributed by atoms with Crippen molar-refractivity contribution >= 4 is 41.3 Å². The van der Waals surface area contributed by atoms with Crippen molar-refractivity contribution in [2.75, 3.05) is 39.3 Å². The van der Waals surface area contributed by atoms with Crippen LogP contribution in [-0.2, 0) is 13.0 Å². The second kappa shape index (κ2) is 11.6. The maximum atomic E-state index is 4.84. The van der Waals surface area contributed by atoms with Crippen LogP contribution in [-0.4, -0.2) is 67.1 Å². The second-order valence-electron chi connectivity index (χ2n) is 7.70. The molecule has 0 bridgehead atoms. The predicted octanol–water partition coefficient (Wildman–Crippen LogP) is 3.15. The second-order valence-corrected chi connectivity index (χ2v) is 8.70. The highest BCUT2D eigenvalue weighted by Crippen LogP contribution is 2.23. The summed E-state index contributed by atoms with van der Waals surface area (Å²) < 4.78 is 0. The first-order chi connectivity index (χ1) is 12.7. The summed E-state index contributed by atoms with van der Waals surface area (Å²) in [5, 5.41) is 9.31. The zero-order valence-corrected chi connectivity index (χ0v) is 20.2. The third kappa shape index (κ3) is 6.87. The van der Waals surface area contributed by atoms with Crippen LogP contribution in [0.25, 0.3) is 0 Å². The first-order valence-corrected chi connectivity index (χ1v) is 11.1. The number of fused-ring (bicyclic) bond motifs is 1. The summed E-state index contributed by atoms with van der Waals surface area (Å²) in [6.45, 7) is 14.2. The van der Waals surface area contributed by atoms with Crippen molar-refractivity contribution in [3.8, 4) is 0 Å². The number of hydrogen-bond acceptors (Lipinski definition) is 4. The molecule has 0 atom stereocenters. The molecule has 0 aromatic carbocycles. The molecule has 1 aromatic rings. The molecule has 0 amide bonds. The fourth-order valence-electron chi connectivity index (χ4n) is 3.87. The van der Waals surface area contributed by atoms with E-state index in [0.717, 1.165) is 32.1 Å². The van der Waals surface area contributed by atoms with Crippen LogP contribution in [0.3, 0.4) is 0 Å². The van der Waals surface area contributed by atoms with Gasteiger partial charge in [0.2, 0.25) is 0 Å². The van der Waals surface area contributed by atoms with E-state index in [9.17, 15) is 0 Å². The van der Waals surface area contributed by atoms with Crippen LogP contribution in [0.2, 0.25) is 0 Å². The van der Waals surface area contributed by atoms with E-state index in [0.29, 0.717) is 12.1 Å². The molecule has 0 saturated carbocycles. The summed E-state index contributed by atoms with van der Waals surface area (Å²) in [5.74, 6) is 0.990. The monoisotopic (exact) mass is 505 g/mol. The lowest BCUT2D eigenvalue weighted by atomic mass is 10.0. The van der Waals surface area contributed by atoms with Gasteiger partial charge in [0.1, 0.15) is 0 Å². The van der Waals surface area contributed by atoms with Gasteiger partial charge in [-0.05, 0) is 57.0 Å². The van der Waals surface area contributed by atoms with Crippen LogP contribution < -0.4 is 10.6 Å². The summed E-state index contributed by atoms with van der Waals surface area (Å²) in [7, 11) is 0. The summed E-state index contributed by atoms with van der Waals surface area (Å²) in [5.41, 5.74) is 1.52. The highest BCUT2D eigenvalue weighted by molar-refractivity contribution is 14.0. The smallest absolute Gasteiger partial charge is 0.191 e. The molecule has 27 heavy (non-hydrogen) atoms. The topological polar surface area (TPSA) is 42.9 Å². The van der Waals surface area contributed by atoms with Gasteiger partial charge in [-0.2, -0.15) is 0 Å². The van der Waals surface area contributed by atoms with Gasteiger partial charge in [0, 0.05) is 56.2 Å². The van der Waals surface area contributed by atoms with Crippen molar-refractivity contribution in [2.45, 2.75) is 58.7 Å². The lowest BCUT2D eigenvalue weighted by Gasteiger charge is -2.35.